The molecule has 2 aromatic rings. The zero-order chi connectivity index (χ0) is 15.2. The van der Waals surface area contributed by atoms with Crippen molar-refractivity contribution in [2.45, 2.75) is 19.4 Å². The summed E-state index contributed by atoms with van der Waals surface area (Å²) in [4.78, 5) is 16.4. The van der Waals surface area contributed by atoms with Crippen LogP contribution in [0.2, 0.25) is 0 Å². The summed E-state index contributed by atoms with van der Waals surface area (Å²) in [5, 5.41) is 12.1. The molecule has 1 aromatic carbocycles. The van der Waals surface area contributed by atoms with Gasteiger partial charge in [-0.15, -0.1) is 0 Å². The first-order valence-corrected chi connectivity index (χ1v) is 7.33. The highest BCUT2D eigenvalue weighted by atomic mass is 79.9. The lowest BCUT2D eigenvalue weighted by atomic mass is 10.1. The van der Waals surface area contributed by atoms with Gasteiger partial charge in [0.1, 0.15) is 6.04 Å². The van der Waals surface area contributed by atoms with Crippen LogP contribution in [-0.4, -0.2) is 10.9 Å². The standard InChI is InChI=1S/C16H14BrN3O/c1-2-11-10-19-7-6-14(11)16(21)20-15(9-18)12-4-3-5-13(17)8-12/h3-8,10,15H,2H2,1H3,(H,20,21)/t15-/m1/s1. The molecule has 0 bridgehead atoms. The molecule has 1 atom stereocenters. The van der Waals surface area contributed by atoms with E-state index in [1.807, 2.05) is 31.2 Å². The Labute approximate surface area is 132 Å². The number of hydrogen-bond acceptors (Lipinski definition) is 3. The molecule has 21 heavy (non-hydrogen) atoms. The molecule has 0 aliphatic heterocycles. The monoisotopic (exact) mass is 343 g/mol. The summed E-state index contributed by atoms with van der Waals surface area (Å²) in [5.74, 6) is -0.263. The van der Waals surface area contributed by atoms with Gasteiger partial charge in [-0.1, -0.05) is 35.0 Å². The van der Waals surface area contributed by atoms with Crippen molar-refractivity contribution in [3.05, 3.63) is 63.9 Å². The summed E-state index contributed by atoms with van der Waals surface area (Å²) in [7, 11) is 0. The summed E-state index contributed by atoms with van der Waals surface area (Å²) in [6.07, 6.45) is 3.97. The summed E-state index contributed by atoms with van der Waals surface area (Å²) in [6, 6.07) is 10.4. The van der Waals surface area contributed by atoms with E-state index in [1.54, 1.807) is 18.5 Å². The Balaban J connectivity index is 2.23. The highest BCUT2D eigenvalue weighted by Crippen LogP contribution is 2.18. The quantitative estimate of drug-likeness (QED) is 0.924. The van der Waals surface area contributed by atoms with Gasteiger partial charge >= 0.3 is 0 Å². The van der Waals surface area contributed by atoms with Crippen LogP contribution < -0.4 is 5.32 Å². The molecule has 0 saturated carbocycles. The predicted octanol–water partition coefficient (Wildman–Crippen LogP) is 3.40. The van der Waals surface area contributed by atoms with Crippen LogP contribution in [0.4, 0.5) is 0 Å². The molecule has 0 fully saturated rings. The molecule has 4 nitrogen and oxygen atoms in total. The minimum Gasteiger partial charge on any atom is -0.332 e. The van der Waals surface area contributed by atoms with Crippen molar-refractivity contribution in [1.82, 2.24) is 10.3 Å². The van der Waals surface area contributed by atoms with Crippen LogP contribution in [-0.2, 0) is 6.42 Å². The van der Waals surface area contributed by atoms with Crippen molar-refractivity contribution in [2.24, 2.45) is 0 Å². The van der Waals surface area contributed by atoms with E-state index in [0.29, 0.717) is 12.0 Å². The van der Waals surface area contributed by atoms with Crippen LogP contribution >= 0.6 is 15.9 Å². The van der Waals surface area contributed by atoms with Crippen LogP contribution in [0, 0.1) is 11.3 Å². The number of nitrogens with one attached hydrogen (secondary N) is 1. The number of pyridine rings is 1. The smallest absolute Gasteiger partial charge is 0.252 e. The fourth-order valence-corrected chi connectivity index (χ4v) is 2.43. The van der Waals surface area contributed by atoms with Crippen molar-refractivity contribution in [1.29, 1.82) is 5.26 Å². The number of benzene rings is 1. The normalized spacial score (nSPS) is 11.5. The fraction of sp³-hybridized carbons (Fsp3) is 0.188. The molecule has 1 N–H and O–H groups in total. The van der Waals surface area contributed by atoms with Crippen LogP contribution in [0.1, 0.15) is 34.5 Å². The van der Waals surface area contributed by atoms with Crippen molar-refractivity contribution in [3.8, 4) is 6.07 Å². The largest absolute Gasteiger partial charge is 0.332 e. The molecule has 1 amide bonds. The van der Waals surface area contributed by atoms with E-state index in [-0.39, 0.29) is 5.91 Å². The van der Waals surface area contributed by atoms with Crippen LogP contribution in [0.15, 0.2) is 47.2 Å². The maximum Gasteiger partial charge on any atom is 0.252 e. The zero-order valence-electron chi connectivity index (χ0n) is 11.5. The highest BCUT2D eigenvalue weighted by molar-refractivity contribution is 9.10. The number of carbonyl (C=O) groups excluding carboxylic acids is 1. The van der Waals surface area contributed by atoms with Crippen molar-refractivity contribution >= 4 is 21.8 Å². The second kappa shape index (κ2) is 7.00. The Morgan fingerprint density at radius 3 is 2.95 bits per heavy atom. The topological polar surface area (TPSA) is 65.8 Å². The number of nitriles is 1. The van der Waals surface area contributed by atoms with Crippen molar-refractivity contribution in [2.75, 3.05) is 0 Å². The number of hydrogen-bond donors (Lipinski definition) is 1. The molecule has 0 aliphatic rings. The minimum absolute atomic E-state index is 0.263. The van der Waals surface area contributed by atoms with Gasteiger partial charge in [0, 0.05) is 22.4 Å². The van der Waals surface area contributed by atoms with Gasteiger partial charge in [0.25, 0.3) is 5.91 Å². The summed E-state index contributed by atoms with van der Waals surface area (Å²) >= 11 is 3.36. The van der Waals surface area contributed by atoms with E-state index in [4.69, 9.17) is 0 Å². The third kappa shape index (κ3) is 3.67. The van der Waals surface area contributed by atoms with E-state index >= 15 is 0 Å². The molecule has 106 valence electrons. The minimum atomic E-state index is -0.687. The van der Waals surface area contributed by atoms with Gasteiger partial charge in [0.05, 0.1) is 6.07 Å². The second-order valence-electron chi connectivity index (χ2n) is 4.48. The molecule has 0 saturated heterocycles. The molecule has 0 radical (unpaired) electrons. The van der Waals surface area contributed by atoms with E-state index in [2.05, 4.69) is 32.3 Å². The number of aromatic nitrogens is 1. The van der Waals surface area contributed by atoms with Gasteiger partial charge in [0.2, 0.25) is 0 Å². The Bertz CT molecular complexity index is 694. The Morgan fingerprint density at radius 2 is 2.29 bits per heavy atom. The molecular weight excluding hydrogens is 330 g/mol. The lowest BCUT2D eigenvalue weighted by Crippen LogP contribution is -2.28. The van der Waals surface area contributed by atoms with E-state index < -0.39 is 6.04 Å². The van der Waals surface area contributed by atoms with E-state index in [0.717, 1.165) is 15.6 Å². The Morgan fingerprint density at radius 1 is 1.48 bits per heavy atom. The zero-order valence-corrected chi connectivity index (χ0v) is 13.1. The molecular formula is C16H14BrN3O. The van der Waals surface area contributed by atoms with Gasteiger partial charge < -0.3 is 5.32 Å². The Hall–Kier alpha value is -2.19. The maximum atomic E-state index is 12.4. The number of carbonyl (C=O) groups is 1. The number of aryl methyl sites for hydroxylation is 1. The van der Waals surface area contributed by atoms with E-state index in [1.165, 1.54) is 0 Å². The first-order valence-electron chi connectivity index (χ1n) is 6.54. The predicted molar refractivity (Wildman–Crippen MR) is 83.6 cm³/mol. The molecule has 0 unspecified atom stereocenters. The van der Waals surface area contributed by atoms with Gasteiger partial charge in [-0.25, -0.2) is 0 Å². The number of nitrogens with zero attached hydrogens (tertiary/aromatic N) is 2. The average Bonchev–Trinajstić information content (AvgIpc) is 2.52. The lowest BCUT2D eigenvalue weighted by molar-refractivity contribution is 0.0944. The molecule has 1 heterocycles. The molecule has 0 spiro atoms. The summed E-state index contributed by atoms with van der Waals surface area (Å²) in [5.41, 5.74) is 2.16. The molecule has 1 aromatic heterocycles. The van der Waals surface area contributed by atoms with Crippen LogP contribution in [0.5, 0.6) is 0 Å². The van der Waals surface area contributed by atoms with Gasteiger partial charge in [-0.3, -0.25) is 9.78 Å². The first-order chi connectivity index (χ1) is 10.2. The summed E-state index contributed by atoms with van der Waals surface area (Å²) < 4.78 is 0.868. The SMILES string of the molecule is CCc1cnccc1C(=O)N[C@H](C#N)c1cccc(Br)c1. The number of halogens is 1. The lowest BCUT2D eigenvalue weighted by Gasteiger charge is -2.13. The second-order valence-corrected chi connectivity index (χ2v) is 5.39. The van der Waals surface area contributed by atoms with Crippen molar-refractivity contribution in [3.63, 3.8) is 0 Å². The molecule has 0 aliphatic carbocycles. The highest BCUT2D eigenvalue weighted by Gasteiger charge is 2.17. The first kappa shape index (κ1) is 15.2. The third-order valence-electron chi connectivity index (χ3n) is 3.12. The van der Waals surface area contributed by atoms with Crippen LogP contribution in [0.3, 0.4) is 0 Å². The molecule has 5 heteroatoms. The van der Waals surface area contributed by atoms with Crippen molar-refractivity contribution < 1.29 is 4.79 Å². The number of amides is 1. The Kier molecular flexibility index (Phi) is 5.07. The average molecular weight is 344 g/mol. The third-order valence-corrected chi connectivity index (χ3v) is 3.61. The number of rotatable bonds is 4. The fourth-order valence-electron chi connectivity index (χ4n) is 2.02. The summed E-state index contributed by atoms with van der Waals surface area (Å²) in [6.45, 7) is 1.96. The molecule has 2 rings (SSSR count). The van der Waals surface area contributed by atoms with E-state index in [9.17, 15) is 10.1 Å². The van der Waals surface area contributed by atoms with Gasteiger partial charge in [0.15, 0.2) is 0 Å². The maximum absolute atomic E-state index is 12.4. The van der Waals surface area contributed by atoms with Gasteiger partial charge in [-0.2, -0.15) is 5.26 Å². The van der Waals surface area contributed by atoms with Crippen LogP contribution in [0.25, 0.3) is 0 Å². The van der Waals surface area contributed by atoms with Gasteiger partial charge in [-0.05, 0) is 35.7 Å².